The number of hydrogen-bond acceptors (Lipinski definition) is 7. The van der Waals surface area contributed by atoms with Gasteiger partial charge in [-0.15, -0.1) is 0 Å². The van der Waals surface area contributed by atoms with Gasteiger partial charge in [-0.05, 0) is 32.9 Å². The van der Waals surface area contributed by atoms with E-state index in [4.69, 9.17) is 0 Å². The average molecular weight is 324 g/mol. The molecule has 0 aromatic heterocycles. The molecule has 5 amide bonds. The molecule has 23 heavy (non-hydrogen) atoms. The highest BCUT2D eigenvalue weighted by Crippen LogP contribution is 2.33. The second-order valence-corrected chi connectivity index (χ2v) is 5.74. The van der Waals surface area contributed by atoms with Gasteiger partial charge in [0.15, 0.2) is 6.17 Å². The van der Waals surface area contributed by atoms with E-state index >= 15 is 0 Å². The van der Waals surface area contributed by atoms with Crippen molar-refractivity contribution in [3.8, 4) is 0 Å². The van der Waals surface area contributed by atoms with Gasteiger partial charge in [0.25, 0.3) is 11.6 Å². The first kappa shape index (κ1) is 15.7. The van der Waals surface area contributed by atoms with Gasteiger partial charge in [0.1, 0.15) is 0 Å². The molecule has 3 heterocycles. The van der Waals surface area contributed by atoms with Crippen molar-refractivity contribution >= 4 is 24.3 Å². The van der Waals surface area contributed by atoms with Gasteiger partial charge in [0.05, 0.1) is 6.34 Å². The first-order valence-electron chi connectivity index (χ1n) is 7.67. The van der Waals surface area contributed by atoms with Crippen LogP contribution in [0.25, 0.3) is 0 Å². The Morgan fingerprint density at radius 3 is 2.83 bits per heavy atom. The van der Waals surface area contributed by atoms with Crippen LogP contribution in [0.2, 0.25) is 0 Å². The van der Waals surface area contributed by atoms with Gasteiger partial charge in [-0.2, -0.15) is 0 Å². The third-order valence-corrected chi connectivity index (χ3v) is 4.33. The first-order chi connectivity index (χ1) is 11.0. The number of hydrogen-bond donors (Lipinski definition) is 4. The predicted molar refractivity (Wildman–Crippen MR) is 79.4 cm³/mol. The number of imide groups is 2. The highest BCUT2D eigenvalue weighted by atomic mass is 16.3. The Hall–Kier alpha value is -2.20. The van der Waals surface area contributed by atoms with Crippen molar-refractivity contribution in [1.82, 2.24) is 25.8 Å². The van der Waals surface area contributed by atoms with E-state index in [9.17, 15) is 19.5 Å². The molecule has 0 saturated carbocycles. The van der Waals surface area contributed by atoms with Crippen LogP contribution in [0, 0.1) is 0 Å². The zero-order valence-electron chi connectivity index (χ0n) is 12.8. The number of fused-ring (bicyclic) bond motifs is 1. The highest BCUT2D eigenvalue weighted by Gasteiger charge is 2.61. The van der Waals surface area contributed by atoms with Crippen LogP contribution in [0.15, 0.2) is 4.99 Å². The number of aliphatic imine (C=N–C) groups is 1. The smallest absolute Gasteiger partial charge is 0.334 e. The van der Waals surface area contributed by atoms with Crippen molar-refractivity contribution in [3.05, 3.63) is 0 Å². The SMILES string of the molecule is CCNC(=O)N1C(=O)NC(=O)C2(O)N=CN(C3CCNCC3)C12. The average Bonchev–Trinajstić information content (AvgIpc) is 2.88. The summed E-state index contributed by atoms with van der Waals surface area (Å²) in [7, 11) is 0. The fourth-order valence-corrected chi connectivity index (χ4v) is 3.18. The van der Waals surface area contributed by atoms with Crippen LogP contribution >= 0.6 is 0 Å². The van der Waals surface area contributed by atoms with Gasteiger partial charge >= 0.3 is 12.1 Å². The minimum Gasteiger partial charge on any atom is -0.359 e. The standard InChI is InChI=1S/C13H20N6O4/c1-2-15-11(21)19-10-13(23,9(20)17-12(19)22)16-7-18(10)8-3-5-14-6-4-8/h7-8,10,14,23H,2-6H2,1H3,(H,15,21)(H,17,20,22). The van der Waals surface area contributed by atoms with E-state index in [1.165, 1.54) is 6.34 Å². The Morgan fingerprint density at radius 1 is 1.48 bits per heavy atom. The zero-order chi connectivity index (χ0) is 16.6. The van der Waals surface area contributed by atoms with Crippen molar-refractivity contribution in [2.45, 2.75) is 37.7 Å². The molecule has 2 saturated heterocycles. The van der Waals surface area contributed by atoms with Crippen molar-refractivity contribution in [1.29, 1.82) is 0 Å². The molecule has 3 aliphatic rings. The molecule has 2 fully saturated rings. The normalized spacial score (nSPS) is 31.1. The predicted octanol–water partition coefficient (Wildman–Crippen LogP) is -1.62. The van der Waals surface area contributed by atoms with Crippen LogP contribution in [-0.4, -0.2) is 76.8 Å². The number of rotatable bonds is 2. The minimum absolute atomic E-state index is 0.0188. The molecule has 4 N–H and O–H groups in total. The lowest BCUT2D eigenvalue weighted by atomic mass is 10.0. The van der Waals surface area contributed by atoms with Gasteiger partial charge in [0.2, 0.25) is 0 Å². The van der Waals surface area contributed by atoms with Gasteiger partial charge in [-0.1, -0.05) is 0 Å². The second-order valence-electron chi connectivity index (χ2n) is 5.74. The molecule has 0 spiro atoms. The topological polar surface area (TPSA) is 126 Å². The molecule has 10 heteroatoms. The zero-order valence-corrected chi connectivity index (χ0v) is 12.8. The molecular formula is C13H20N6O4. The van der Waals surface area contributed by atoms with Crippen LogP contribution in [0.1, 0.15) is 19.8 Å². The van der Waals surface area contributed by atoms with E-state index in [0.717, 1.165) is 30.8 Å². The second kappa shape index (κ2) is 5.78. The van der Waals surface area contributed by atoms with Crippen LogP contribution in [0.3, 0.4) is 0 Å². The number of nitrogens with one attached hydrogen (secondary N) is 3. The Kier molecular flexibility index (Phi) is 3.94. The third-order valence-electron chi connectivity index (χ3n) is 4.33. The van der Waals surface area contributed by atoms with Gasteiger partial charge in [-0.25, -0.2) is 19.5 Å². The van der Waals surface area contributed by atoms with Gasteiger partial charge in [-0.3, -0.25) is 10.1 Å². The summed E-state index contributed by atoms with van der Waals surface area (Å²) in [4.78, 5) is 42.9. The maximum Gasteiger partial charge on any atom is 0.334 e. The summed E-state index contributed by atoms with van der Waals surface area (Å²) >= 11 is 0. The summed E-state index contributed by atoms with van der Waals surface area (Å²) in [6.07, 6.45) is 1.72. The molecule has 10 nitrogen and oxygen atoms in total. The fourth-order valence-electron chi connectivity index (χ4n) is 3.18. The number of piperidine rings is 1. The fraction of sp³-hybridized carbons (Fsp3) is 0.692. The minimum atomic E-state index is -2.18. The lowest BCUT2D eigenvalue weighted by Gasteiger charge is -2.45. The number of carbonyl (C=O) groups is 3. The van der Waals surface area contributed by atoms with E-state index in [-0.39, 0.29) is 6.04 Å². The Morgan fingerprint density at radius 2 is 2.17 bits per heavy atom. The summed E-state index contributed by atoms with van der Waals surface area (Å²) in [6.45, 7) is 3.59. The van der Waals surface area contributed by atoms with Crippen molar-refractivity contribution in [2.75, 3.05) is 19.6 Å². The molecule has 3 rings (SSSR count). The summed E-state index contributed by atoms with van der Waals surface area (Å²) in [5.41, 5.74) is -2.18. The maximum atomic E-state index is 12.3. The molecule has 0 radical (unpaired) electrons. The van der Waals surface area contributed by atoms with E-state index in [1.54, 1.807) is 11.8 Å². The molecule has 0 aliphatic carbocycles. The van der Waals surface area contributed by atoms with Crippen LogP contribution in [-0.2, 0) is 4.79 Å². The molecule has 0 aromatic carbocycles. The Bertz CT molecular complexity index is 561. The van der Waals surface area contributed by atoms with E-state index in [0.29, 0.717) is 6.54 Å². The van der Waals surface area contributed by atoms with E-state index < -0.39 is 29.9 Å². The maximum absolute atomic E-state index is 12.3. The molecule has 3 aliphatic heterocycles. The highest BCUT2D eigenvalue weighted by molar-refractivity contribution is 6.09. The number of urea groups is 2. The summed E-state index contributed by atoms with van der Waals surface area (Å²) in [5, 5.41) is 18.4. The number of aliphatic hydroxyl groups is 1. The third kappa shape index (κ3) is 2.43. The van der Waals surface area contributed by atoms with Crippen molar-refractivity contribution in [3.63, 3.8) is 0 Å². The van der Waals surface area contributed by atoms with Crippen LogP contribution in [0.5, 0.6) is 0 Å². The van der Waals surface area contributed by atoms with Gasteiger partial charge in [0, 0.05) is 12.6 Å². The summed E-state index contributed by atoms with van der Waals surface area (Å²) in [6, 6.07) is -1.56. The largest absolute Gasteiger partial charge is 0.359 e. The van der Waals surface area contributed by atoms with E-state index in [2.05, 4.69) is 15.6 Å². The summed E-state index contributed by atoms with van der Waals surface area (Å²) in [5.74, 6) is -0.916. The molecule has 2 atom stereocenters. The lowest BCUT2D eigenvalue weighted by molar-refractivity contribution is -0.151. The van der Waals surface area contributed by atoms with Crippen molar-refractivity contribution in [2.24, 2.45) is 4.99 Å². The molecular weight excluding hydrogens is 304 g/mol. The number of amides is 5. The number of nitrogens with zero attached hydrogens (tertiary/aromatic N) is 3. The quantitative estimate of drug-likeness (QED) is 0.483. The van der Waals surface area contributed by atoms with E-state index in [1.807, 2.05) is 5.32 Å². The van der Waals surface area contributed by atoms with Gasteiger partial charge < -0.3 is 20.6 Å². The Labute approximate surface area is 132 Å². The van der Waals surface area contributed by atoms with Crippen LogP contribution in [0.4, 0.5) is 9.59 Å². The molecule has 2 unspecified atom stereocenters. The first-order valence-corrected chi connectivity index (χ1v) is 7.67. The Balaban J connectivity index is 1.94. The van der Waals surface area contributed by atoms with Crippen LogP contribution < -0.4 is 16.0 Å². The van der Waals surface area contributed by atoms with Crippen molar-refractivity contribution < 1.29 is 19.5 Å². The lowest BCUT2D eigenvalue weighted by Crippen LogP contribution is -2.74. The molecule has 0 aromatic rings. The molecule has 126 valence electrons. The number of carbonyl (C=O) groups excluding carboxylic acids is 3. The molecule has 0 bridgehead atoms. The monoisotopic (exact) mass is 324 g/mol. The summed E-state index contributed by atoms with van der Waals surface area (Å²) < 4.78 is 0.